The highest BCUT2D eigenvalue weighted by Crippen LogP contribution is 2.23. The van der Waals surface area contributed by atoms with Crippen LogP contribution in [0.4, 0.5) is 16.2 Å². The van der Waals surface area contributed by atoms with Gasteiger partial charge in [0.1, 0.15) is 5.01 Å². The normalized spacial score (nSPS) is 11.6. The Hall–Kier alpha value is -2.86. The third-order valence-electron chi connectivity index (χ3n) is 4.20. The Kier molecular flexibility index (Phi) is 5.86. The van der Waals surface area contributed by atoms with Crippen molar-refractivity contribution in [2.45, 2.75) is 13.0 Å². The Morgan fingerprint density at radius 3 is 2.54 bits per heavy atom. The van der Waals surface area contributed by atoms with E-state index in [9.17, 15) is 4.79 Å². The molecule has 0 aliphatic carbocycles. The number of nitrogens with zero attached hydrogens (tertiary/aromatic N) is 2. The molecule has 0 unspecified atom stereocenters. The standard InChI is InChI=1S/C20H22N4OS/c1-15(24(2)18-6-4-3-5-7-18)14-22-20(25)23-17-10-8-16(9-11-17)19-21-12-13-26-19/h3-13,15H,14H2,1-2H3,(H2,22,23,25)/t15-/m1/s1. The molecule has 0 aliphatic heterocycles. The number of amides is 2. The fourth-order valence-corrected chi connectivity index (χ4v) is 3.18. The van der Waals surface area contributed by atoms with Gasteiger partial charge in [-0.05, 0) is 43.3 Å². The average molecular weight is 366 g/mol. The molecule has 1 atom stereocenters. The molecule has 134 valence electrons. The molecule has 1 aromatic heterocycles. The number of hydrogen-bond donors (Lipinski definition) is 2. The molecule has 0 aliphatic rings. The Labute approximate surface area is 157 Å². The van der Waals surface area contributed by atoms with Crippen molar-refractivity contribution < 1.29 is 4.79 Å². The Morgan fingerprint density at radius 2 is 1.88 bits per heavy atom. The number of aromatic nitrogens is 1. The van der Waals surface area contributed by atoms with Crippen LogP contribution in [0.2, 0.25) is 0 Å². The maximum absolute atomic E-state index is 12.1. The maximum Gasteiger partial charge on any atom is 0.319 e. The number of thiazole rings is 1. The highest BCUT2D eigenvalue weighted by atomic mass is 32.1. The van der Waals surface area contributed by atoms with Crippen molar-refractivity contribution >= 4 is 28.7 Å². The lowest BCUT2D eigenvalue weighted by atomic mass is 10.2. The minimum absolute atomic E-state index is 0.176. The van der Waals surface area contributed by atoms with Crippen molar-refractivity contribution in [1.29, 1.82) is 0 Å². The van der Waals surface area contributed by atoms with Crippen molar-refractivity contribution in [1.82, 2.24) is 10.3 Å². The van der Waals surface area contributed by atoms with Crippen LogP contribution in [0.15, 0.2) is 66.2 Å². The quantitative estimate of drug-likeness (QED) is 0.677. The summed E-state index contributed by atoms with van der Waals surface area (Å²) < 4.78 is 0. The van der Waals surface area contributed by atoms with E-state index >= 15 is 0 Å². The van der Waals surface area contributed by atoms with Gasteiger partial charge in [-0.1, -0.05) is 18.2 Å². The Bertz CT molecular complexity index is 819. The van der Waals surface area contributed by atoms with Gasteiger partial charge in [-0.2, -0.15) is 0 Å². The summed E-state index contributed by atoms with van der Waals surface area (Å²) in [4.78, 5) is 18.6. The number of para-hydroxylation sites is 1. The molecule has 2 aromatic carbocycles. The number of nitrogens with one attached hydrogen (secondary N) is 2. The van der Waals surface area contributed by atoms with Crippen LogP contribution < -0.4 is 15.5 Å². The number of hydrogen-bond acceptors (Lipinski definition) is 4. The molecule has 0 saturated carbocycles. The molecule has 0 bridgehead atoms. The van der Waals surface area contributed by atoms with Crippen LogP contribution in [-0.2, 0) is 0 Å². The van der Waals surface area contributed by atoms with Gasteiger partial charge in [-0.25, -0.2) is 9.78 Å². The molecular weight excluding hydrogens is 344 g/mol. The van der Waals surface area contributed by atoms with Gasteiger partial charge in [0, 0.05) is 48.1 Å². The molecule has 6 heteroatoms. The molecule has 0 saturated heterocycles. The molecule has 0 radical (unpaired) electrons. The first-order chi connectivity index (χ1) is 12.6. The summed E-state index contributed by atoms with van der Waals surface area (Å²) in [5.74, 6) is 0. The van der Waals surface area contributed by atoms with Crippen LogP contribution in [0, 0.1) is 0 Å². The van der Waals surface area contributed by atoms with Gasteiger partial charge < -0.3 is 15.5 Å². The van der Waals surface area contributed by atoms with Gasteiger partial charge in [-0.15, -0.1) is 11.3 Å². The van der Waals surface area contributed by atoms with E-state index in [0.29, 0.717) is 6.54 Å². The van der Waals surface area contributed by atoms with Crippen LogP contribution >= 0.6 is 11.3 Å². The van der Waals surface area contributed by atoms with Gasteiger partial charge in [0.25, 0.3) is 0 Å². The van der Waals surface area contributed by atoms with Gasteiger partial charge in [0.05, 0.1) is 0 Å². The summed E-state index contributed by atoms with van der Waals surface area (Å²) in [6.07, 6.45) is 1.78. The number of anilines is 2. The summed E-state index contributed by atoms with van der Waals surface area (Å²) in [6.45, 7) is 2.63. The predicted octanol–water partition coefficient (Wildman–Crippen LogP) is 4.46. The van der Waals surface area contributed by atoms with E-state index in [1.807, 2.05) is 54.9 Å². The van der Waals surface area contributed by atoms with E-state index in [1.54, 1.807) is 17.5 Å². The molecule has 0 spiro atoms. The minimum atomic E-state index is -0.208. The predicted molar refractivity (Wildman–Crippen MR) is 109 cm³/mol. The molecule has 3 rings (SSSR count). The van der Waals surface area contributed by atoms with Gasteiger partial charge in [-0.3, -0.25) is 0 Å². The average Bonchev–Trinajstić information content (AvgIpc) is 3.21. The lowest BCUT2D eigenvalue weighted by Gasteiger charge is -2.27. The molecule has 3 aromatic rings. The second-order valence-corrected chi connectivity index (χ2v) is 6.94. The zero-order valence-electron chi connectivity index (χ0n) is 14.8. The molecule has 0 fully saturated rings. The van der Waals surface area contributed by atoms with E-state index in [4.69, 9.17) is 0 Å². The number of urea groups is 1. The van der Waals surface area contributed by atoms with Crippen LogP contribution in [-0.4, -0.2) is 30.6 Å². The van der Waals surface area contributed by atoms with Crippen molar-refractivity contribution in [3.05, 3.63) is 66.2 Å². The first-order valence-corrected chi connectivity index (χ1v) is 9.34. The third kappa shape index (κ3) is 4.61. The van der Waals surface area contributed by atoms with Crippen molar-refractivity contribution in [3.8, 4) is 10.6 Å². The van der Waals surface area contributed by atoms with Crippen molar-refractivity contribution in [2.75, 3.05) is 23.8 Å². The third-order valence-corrected chi connectivity index (χ3v) is 5.03. The van der Waals surface area contributed by atoms with E-state index in [0.717, 1.165) is 21.9 Å². The smallest absolute Gasteiger partial charge is 0.319 e. The van der Waals surface area contributed by atoms with E-state index in [2.05, 4.69) is 39.6 Å². The van der Waals surface area contributed by atoms with Crippen LogP contribution in [0.3, 0.4) is 0 Å². The second kappa shape index (κ2) is 8.49. The van der Waals surface area contributed by atoms with Crippen LogP contribution in [0.1, 0.15) is 6.92 Å². The number of likely N-dealkylation sites (N-methyl/N-ethyl adjacent to an activating group) is 1. The molecule has 5 nitrogen and oxygen atoms in total. The first-order valence-electron chi connectivity index (χ1n) is 8.46. The summed E-state index contributed by atoms with van der Waals surface area (Å²) >= 11 is 1.59. The SMILES string of the molecule is C[C@H](CNC(=O)Nc1ccc(-c2nccs2)cc1)N(C)c1ccccc1. The highest BCUT2D eigenvalue weighted by molar-refractivity contribution is 7.13. The monoisotopic (exact) mass is 366 g/mol. The number of benzene rings is 2. The molecule has 26 heavy (non-hydrogen) atoms. The number of rotatable bonds is 6. The van der Waals surface area contributed by atoms with Gasteiger partial charge >= 0.3 is 6.03 Å². The van der Waals surface area contributed by atoms with Crippen molar-refractivity contribution in [2.24, 2.45) is 0 Å². The molecule has 2 amide bonds. The van der Waals surface area contributed by atoms with E-state index in [-0.39, 0.29) is 12.1 Å². The summed E-state index contributed by atoms with van der Waals surface area (Å²) in [5, 5.41) is 8.70. The molecule has 2 N–H and O–H groups in total. The summed E-state index contributed by atoms with van der Waals surface area (Å²) in [7, 11) is 2.02. The zero-order chi connectivity index (χ0) is 18.4. The fourth-order valence-electron chi connectivity index (χ4n) is 2.53. The zero-order valence-corrected chi connectivity index (χ0v) is 15.7. The van der Waals surface area contributed by atoms with Gasteiger partial charge in [0.15, 0.2) is 0 Å². The lowest BCUT2D eigenvalue weighted by molar-refractivity contribution is 0.251. The molecule has 1 heterocycles. The Morgan fingerprint density at radius 1 is 1.15 bits per heavy atom. The van der Waals surface area contributed by atoms with Crippen LogP contribution in [0.25, 0.3) is 10.6 Å². The summed E-state index contributed by atoms with van der Waals surface area (Å²) in [6, 6.07) is 17.8. The van der Waals surface area contributed by atoms with Gasteiger partial charge in [0.2, 0.25) is 0 Å². The van der Waals surface area contributed by atoms with E-state index < -0.39 is 0 Å². The number of carbonyl (C=O) groups excluding carboxylic acids is 1. The lowest BCUT2D eigenvalue weighted by Crippen LogP contribution is -2.41. The minimum Gasteiger partial charge on any atom is -0.370 e. The Balaban J connectivity index is 1.49. The number of carbonyl (C=O) groups is 1. The highest BCUT2D eigenvalue weighted by Gasteiger charge is 2.11. The fraction of sp³-hybridized carbons (Fsp3) is 0.200. The van der Waals surface area contributed by atoms with Crippen LogP contribution in [0.5, 0.6) is 0 Å². The van der Waals surface area contributed by atoms with E-state index in [1.165, 1.54) is 0 Å². The molecular formula is C20H22N4OS. The largest absolute Gasteiger partial charge is 0.370 e. The topological polar surface area (TPSA) is 57.3 Å². The first kappa shape index (κ1) is 17.9. The van der Waals surface area contributed by atoms with Crippen molar-refractivity contribution in [3.63, 3.8) is 0 Å². The maximum atomic E-state index is 12.1. The summed E-state index contributed by atoms with van der Waals surface area (Å²) in [5.41, 5.74) is 2.93. The second-order valence-electron chi connectivity index (χ2n) is 6.05.